The van der Waals surface area contributed by atoms with E-state index in [2.05, 4.69) is 20.4 Å². The number of anilines is 1. The van der Waals surface area contributed by atoms with Gasteiger partial charge in [-0.25, -0.2) is 0 Å². The Morgan fingerprint density at radius 1 is 1.03 bits per heavy atom. The van der Waals surface area contributed by atoms with Gasteiger partial charge in [0.2, 0.25) is 11.7 Å². The van der Waals surface area contributed by atoms with E-state index in [1.54, 1.807) is 47.7 Å². The normalized spacial score (nSPS) is 14.2. The van der Waals surface area contributed by atoms with E-state index in [4.69, 9.17) is 8.94 Å². The van der Waals surface area contributed by atoms with Gasteiger partial charge in [-0.1, -0.05) is 11.2 Å². The number of hydrogen-bond donors (Lipinski definition) is 1. The molecule has 0 spiro atoms. The van der Waals surface area contributed by atoms with Crippen molar-refractivity contribution in [3.63, 3.8) is 0 Å². The van der Waals surface area contributed by atoms with Crippen molar-refractivity contribution in [1.82, 2.24) is 19.9 Å². The van der Waals surface area contributed by atoms with Crippen molar-refractivity contribution in [2.24, 2.45) is 0 Å². The maximum atomic E-state index is 12.9. The molecule has 9 nitrogen and oxygen atoms in total. The van der Waals surface area contributed by atoms with Crippen molar-refractivity contribution in [1.29, 1.82) is 0 Å². The largest absolute Gasteiger partial charge is 0.459 e. The first kappa shape index (κ1) is 23.0. The summed E-state index contributed by atoms with van der Waals surface area (Å²) in [5, 5.41) is 8.81. The van der Waals surface area contributed by atoms with E-state index in [1.165, 1.54) is 6.26 Å². The highest BCUT2D eigenvalue weighted by atomic mass is 32.1. The van der Waals surface area contributed by atoms with Crippen LogP contribution in [0.1, 0.15) is 33.2 Å². The molecule has 0 bridgehead atoms. The monoisotopic (exact) mass is 491 g/mol. The number of rotatable bonds is 8. The highest BCUT2D eigenvalue weighted by molar-refractivity contribution is 7.13. The Morgan fingerprint density at radius 2 is 1.86 bits per heavy atom. The molecule has 180 valence electrons. The van der Waals surface area contributed by atoms with E-state index in [0.29, 0.717) is 36.1 Å². The fourth-order valence-corrected chi connectivity index (χ4v) is 4.62. The molecule has 0 saturated carbocycles. The van der Waals surface area contributed by atoms with Crippen LogP contribution in [-0.2, 0) is 6.42 Å². The molecule has 1 N–H and O–H groups in total. The lowest BCUT2D eigenvalue weighted by Gasteiger charge is -2.34. The fourth-order valence-electron chi connectivity index (χ4n) is 3.97. The molecule has 0 radical (unpaired) electrons. The summed E-state index contributed by atoms with van der Waals surface area (Å²) in [7, 11) is 0. The molecule has 2 amide bonds. The third-order valence-corrected chi connectivity index (χ3v) is 6.73. The number of aryl methyl sites for hydroxylation is 1. The van der Waals surface area contributed by atoms with Crippen LogP contribution in [0.4, 0.5) is 5.69 Å². The van der Waals surface area contributed by atoms with Crippen molar-refractivity contribution in [3.05, 3.63) is 77.4 Å². The molecule has 5 rings (SSSR count). The molecule has 4 heterocycles. The number of hydrogen-bond acceptors (Lipinski definition) is 8. The molecular formula is C25H25N5O4S. The van der Waals surface area contributed by atoms with Crippen molar-refractivity contribution in [3.8, 4) is 10.7 Å². The molecular weight excluding hydrogens is 466 g/mol. The lowest BCUT2D eigenvalue weighted by atomic mass is 10.1. The maximum Gasteiger partial charge on any atom is 0.291 e. The molecule has 1 saturated heterocycles. The van der Waals surface area contributed by atoms with E-state index in [9.17, 15) is 9.59 Å². The first-order valence-corrected chi connectivity index (χ1v) is 12.4. The van der Waals surface area contributed by atoms with Crippen LogP contribution in [0.5, 0.6) is 0 Å². The fraction of sp³-hybridized carbons (Fsp3) is 0.280. The third kappa shape index (κ3) is 5.67. The van der Waals surface area contributed by atoms with Gasteiger partial charge < -0.3 is 19.2 Å². The number of aromatic nitrogens is 2. The minimum absolute atomic E-state index is 0.000488. The van der Waals surface area contributed by atoms with Crippen molar-refractivity contribution in [2.45, 2.75) is 12.8 Å². The second-order valence-electron chi connectivity index (χ2n) is 8.24. The van der Waals surface area contributed by atoms with Gasteiger partial charge in [0.15, 0.2) is 5.76 Å². The molecule has 0 atom stereocenters. The summed E-state index contributed by atoms with van der Waals surface area (Å²) in [5.74, 6) is 1.22. The number of piperazine rings is 1. The molecule has 1 aliphatic rings. The minimum atomic E-state index is -0.327. The summed E-state index contributed by atoms with van der Waals surface area (Å²) in [6.07, 6.45) is 3.11. The third-order valence-electron chi connectivity index (χ3n) is 5.87. The van der Waals surface area contributed by atoms with Crippen LogP contribution in [-0.4, -0.2) is 64.5 Å². The van der Waals surface area contributed by atoms with Crippen molar-refractivity contribution >= 4 is 28.8 Å². The highest BCUT2D eigenvalue weighted by Gasteiger charge is 2.22. The topological polar surface area (TPSA) is 105 Å². The SMILES string of the molecule is O=C(Nc1ccc(C(=O)N2CCN(CCCc3nc(-c4cccs4)no3)CC2)cc1)c1ccco1. The zero-order chi connectivity index (χ0) is 24.0. The Hall–Kier alpha value is -3.76. The predicted molar refractivity (Wildman–Crippen MR) is 131 cm³/mol. The minimum Gasteiger partial charge on any atom is -0.459 e. The lowest BCUT2D eigenvalue weighted by molar-refractivity contribution is 0.0635. The Balaban J connectivity index is 1.05. The zero-order valence-electron chi connectivity index (χ0n) is 19.1. The summed E-state index contributed by atoms with van der Waals surface area (Å²) in [4.78, 5) is 34.7. The first-order valence-electron chi connectivity index (χ1n) is 11.5. The summed E-state index contributed by atoms with van der Waals surface area (Å²) in [6.45, 7) is 3.93. The standard InChI is InChI=1S/C25H25N5O4S/c31-24(20-4-2-16-33-20)26-19-9-7-18(8-10-19)25(32)30-14-12-29(13-15-30)11-1-6-22-27-23(28-34-22)21-5-3-17-35-21/h2-5,7-10,16-17H,1,6,11-15H2,(H,26,31). The van der Waals surface area contributed by atoms with Gasteiger partial charge in [0.1, 0.15) is 0 Å². The maximum absolute atomic E-state index is 12.9. The zero-order valence-corrected chi connectivity index (χ0v) is 19.9. The number of nitrogens with one attached hydrogen (secondary N) is 1. The Bertz CT molecular complexity index is 1240. The van der Waals surface area contributed by atoms with Gasteiger partial charge in [-0.05, 0) is 60.8 Å². The summed E-state index contributed by atoms with van der Waals surface area (Å²) in [5.41, 5.74) is 1.21. The predicted octanol–water partition coefficient (Wildman–Crippen LogP) is 4.03. The summed E-state index contributed by atoms with van der Waals surface area (Å²) >= 11 is 1.59. The summed E-state index contributed by atoms with van der Waals surface area (Å²) < 4.78 is 10.5. The molecule has 0 aliphatic carbocycles. The molecule has 35 heavy (non-hydrogen) atoms. The van der Waals surface area contributed by atoms with Gasteiger partial charge in [0.25, 0.3) is 11.8 Å². The number of furan rings is 1. The van der Waals surface area contributed by atoms with Crippen LogP contribution in [0, 0.1) is 0 Å². The van der Waals surface area contributed by atoms with Gasteiger partial charge in [0.05, 0.1) is 11.1 Å². The molecule has 1 fully saturated rings. The second-order valence-corrected chi connectivity index (χ2v) is 9.18. The smallest absolute Gasteiger partial charge is 0.291 e. The van der Waals surface area contributed by atoms with Crippen LogP contribution >= 0.6 is 11.3 Å². The number of thiophene rings is 1. The van der Waals surface area contributed by atoms with Gasteiger partial charge >= 0.3 is 0 Å². The van der Waals surface area contributed by atoms with Crippen LogP contribution in [0.25, 0.3) is 10.7 Å². The van der Waals surface area contributed by atoms with E-state index in [0.717, 1.165) is 37.4 Å². The Labute approximate surface area is 206 Å². The van der Waals surface area contributed by atoms with Crippen LogP contribution < -0.4 is 5.32 Å². The van der Waals surface area contributed by atoms with Crippen LogP contribution in [0.15, 0.2) is 69.1 Å². The number of benzene rings is 1. The number of nitrogens with zero attached hydrogens (tertiary/aromatic N) is 4. The lowest BCUT2D eigenvalue weighted by Crippen LogP contribution is -2.48. The van der Waals surface area contributed by atoms with Gasteiger partial charge in [0, 0.05) is 43.9 Å². The molecule has 3 aromatic heterocycles. The number of amides is 2. The molecule has 4 aromatic rings. The number of carbonyl (C=O) groups is 2. The summed E-state index contributed by atoms with van der Waals surface area (Å²) in [6, 6.07) is 14.1. The van der Waals surface area contributed by atoms with Crippen molar-refractivity contribution < 1.29 is 18.5 Å². The van der Waals surface area contributed by atoms with Gasteiger partial charge in [-0.15, -0.1) is 11.3 Å². The first-order chi connectivity index (χ1) is 17.2. The molecule has 0 unspecified atom stereocenters. The van der Waals surface area contributed by atoms with E-state index in [1.807, 2.05) is 22.4 Å². The van der Waals surface area contributed by atoms with Crippen LogP contribution in [0.2, 0.25) is 0 Å². The van der Waals surface area contributed by atoms with Gasteiger partial charge in [-0.3, -0.25) is 14.5 Å². The van der Waals surface area contributed by atoms with E-state index < -0.39 is 0 Å². The Kier molecular flexibility index (Phi) is 7.01. The average molecular weight is 492 g/mol. The van der Waals surface area contributed by atoms with Gasteiger partial charge in [-0.2, -0.15) is 4.98 Å². The van der Waals surface area contributed by atoms with E-state index >= 15 is 0 Å². The molecule has 10 heteroatoms. The second kappa shape index (κ2) is 10.7. The van der Waals surface area contributed by atoms with Crippen molar-refractivity contribution in [2.75, 3.05) is 38.0 Å². The average Bonchev–Trinajstić information content (AvgIpc) is 3.67. The molecule has 1 aromatic carbocycles. The number of carbonyl (C=O) groups excluding carboxylic acids is 2. The van der Waals surface area contributed by atoms with E-state index in [-0.39, 0.29) is 17.6 Å². The Morgan fingerprint density at radius 3 is 2.57 bits per heavy atom. The molecule has 1 aliphatic heterocycles. The quantitative estimate of drug-likeness (QED) is 0.397. The van der Waals surface area contributed by atoms with Crippen LogP contribution in [0.3, 0.4) is 0 Å². The highest BCUT2D eigenvalue weighted by Crippen LogP contribution is 2.21.